The molecule has 2 heterocycles. The number of carbonyl (C=O) groups is 3. The van der Waals surface area contributed by atoms with E-state index in [2.05, 4.69) is 5.32 Å². The van der Waals surface area contributed by atoms with Crippen LogP contribution in [-0.2, 0) is 4.79 Å². The highest BCUT2D eigenvalue weighted by atomic mass is 19.1. The van der Waals surface area contributed by atoms with Crippen LogP contribution in [0.1, 0.15) is 46.4 Å². The van der Waals surface area contributed by atoms with Crippen LogP contribution in [0, 0.1) is 11.7 Å². The van der Waals surface area contributed by atoms with E-state index in [0.717, 1.165) is 12.8 Å². The van der Waals surface area contributed by atoms with Crippen molar-refractivity contribution in [3.8, 4) is 0 Å². The molecule has 0 spiro atoms. The van der Waals surface area contributed by atoms with Gasteiger partial charge in [-0.2, -0.15) is 0 Å². The molecule has 1 N–H and O–H groups in total. The first-order valence-electron chi connectivity index (χ1n) is 11.2. The molecule has 2 saturated heterocycles. The predicted octanol–water partition coefficient (Wildman–Crippen LogP) is 3.10. The van der Waals surface area contributed by atoms with E-state index < -0.39 is 11.9 Å². The van der Waals surface area contributed by atoms with Crippen LogP contribution in [0.3, 0.4) is 0 Å². The van der Waals surface area contributed by atoms with E-state index in [1.807, 2.05) is 11.0 Å². The third-order valence-electron chi connectivity index (χ3n) is 6.41. The molecule has 168 valence electrons. The maximum atomic E-state index is 14.0. The number of carbonyl (C=O) groups excluding carboxylic acids is 3. The van der Waals surface area contributed by atoms with Crippen LogP contribution in [0.15, 0.2) is 54.6 Å². The minimum absolute atomic E-state index is 0.0503. The van der Waals surface area contributed by atoms with Gasteiger partial charge in [-0.05, 0) is 55.9 Å². The van der Waals surface area contributed by atoms with Crippen LogP contribution < -0.4 is 5.32 Å². The van der Waals surface area contributed by atoms with Crippen LogP contribution >= 0.6 is 0 Å². The van der Waals surface area contributed by atoms with Crippen molar-refractivity contribution in [2.45, 2.75) is 31.7 Å². The van der Waals surface area contributed by atoms with Gasteiger partial charge in [0.2, 0.25) is 5.91 Å². The summed E-state index contributed by atoms with van der Waals surface area (Å²) in [5, 5.41) is 2.97. The predicted molar refractivity (Wildman–Crippen MR) is 119 cm³/mol. The zero-order chi connectivity index (χ0) is 22.5. The van der Waals surface area contributed by atoms with Crippen molar-refractivity contribution in [2.75, 3.05) is 26.2 Å². The molecule has 7 heteroatoms. The van der Waals surface area contributed by atoms with Gasteiger partial charge in [0.05, 0.1) is 5.56 Å². The van der Waals surface area contributed by atoms with Crippen LogP contribution in [-0.4, -0.2) is 59.7 Å². The summed E-state index contributed by atoms with van der Waals surface area (Å²) in [5.41, 5.74) is 0.576. The number of amides is 3. The monoisotopic (exact) mass is 437 g/mol. The lowest BCUT2D eigenvalue weighted by Gasteiger charge is -2.37. The summed E-state index contributed by atoms with van der Waals surface area (Å²) in [6, 6.07) is 14.2. The number of benzene rings is 2. The molecule has 0 unspecified atom stereocenters. The molecule has 1 atom stereocenters. The molecule has 2 aliphatic rings. The lowest BCUT2D eigenvalue weighted by molar-refractivity contribution is -0.134. The van der Waals surface area contributed by atoms with E-state index in [4.69, 9.17) is 0 Å². The Labute approximate surface area is 187 Å². The van der Waals surface area contributed by atoms with Crippen molar-refractivity contribution in [2.24, 2.45) is 5.92 Å². The highest BCUT2D eigenvalue weighted by Gasteiger charge is 2.37. The number of halogens is 1. The Kier molecular flexibility index (Phi) is 6.83. The number of piperidine rings is 1. The van der Waals surface area contributed by atoms with Crippen molar-refractivity contribution in [3.63, 3.8) is 0 Å². The van der Waals surface area contributed by atoms with E-state index in [1.54, 1.807) is 41.3 Å². The Bertz CT molecular complexity index is 967. The highest BCUT2D eigenvalue weighted by molar-refractivity contribution is 5.98. The molecule has 2 aliphatic heterocycles. The zero-order valence-corrected chi connectivity index (χ0v) is 18.0. The summed E-state index contributed by atoms with van der Waals surface area (Å²) >= 11 is 0. The van der Waals surface area contributed by atoms with E-state index in [1.165, 1.54) is 12.1 Å². The van der Waals surface area contributed by atoms with Crippen LogP contribution in [0.5, 0.6) is 0 Å². The number of hydrogen-bond donors (Lipinski definition) is 1. The van der Waals surface area contributed by atoms with E-state index in [-0.39, 0.29) is 29.2 Å². The second kappa shape index (κ2) is 9.94. The molecule has 2 aromatic rings. The van der Waals surface area contributed by atoms with Gasteiger partial charge < -0.3 is 15.1 Å². The van der Waals surface area contributed by atoms with Crippen molar-refractivity contribution < 1.29 is 18.8 Å². The lowest BCUT2D eigenvalue weighted by Crippen LogP contribution is -2.54. The minimum Gasteiger partial charge on any atom is -0.341 e. The standard InChI is InChI=1S/C25H28FN3O3/c26-21-11-5-4-10-20(21)24(31)29-16-12-18(13-17-29)22(25(32)28-14-6-7-15-28)27-23(30)19-8-2-1-3-9-19/h1-5,8-11,18,22H,6-7,12-17H2,(H,27,30)/t22-/m0/s1. The van der Waals surface area contributed by atoms with Crippen molar-refractivity contribution in [1.82, 2.24) is 15.1 Å². The molecule has 0 aliphatic carbocycles. The molecule has 32 heavy (non-hydrogen) atoms. The Morgan fingerprint density at radius 1 is 0.844 bits per heavy atom. The van der Waals surface area contributed by atoms with Crippen LogP contribution in [0.4, 0.5) is 4.39 Å². The van der Waals surface area contributed by atoms with E-state index in [9.17, 15) is 18.8 Å². The molecule has 2 fully saturated rings. The summed E-state index contributed by atoms with van der Waals surface area (Å²) < 4.78 is 14.0. The highest BCUT2D eigenvalue weighted by Crippen LogP contribution is 2.25. The fourth-order valence-corrected chi connectivity index (χ4v) is 4.57. The second-order valence-electron chi connectivity index (χ2n) is 8.46. The van der Waals surface area contributed by atoms with Gasteiger partial charge in [0.1, 0.15) is 11.9 Å². The minimum atomic E-state index is -0.633. The fraction of sp³-hybridized carbons (Fsp3) is 0.400. The number of nitrogens with one attached hydrogen (secondary N) is 1. The van der Waals surface area contributed by atoms with E-state index >= 15 is 0 Å². The Morgan fingerprint density at radius 3 is 2.12 bits per heavy atom. The van der Waals surface area contributed by atoms with Gasteiger partial charge in [-0.15, -0.1) is 0 Å². The normalized spacial score (nSPS) is 17.8. The molecule has 0 bridgehead atoms. The molecular formula is C25H28FN3O3. The summed E-state index contributed by atoms with van der Waals surface area (Å²) in [6.07, 6.45) is 3.08. The van der Waals surface area contributed by atoms with Gasteiger partial charge in [0.15, 0.2) is 0 Å². The summed E-state index contributed by atoms with van der Waals surface area (Å²) in [5.74, 6) is -1.27. The van der Waals surface area contributed by atoms with Gasteiger partial charge in [-0.25, -0.2) is 4.39 Å². The number of nitrogens with zero attached hydrogens (tertiary/aromatic N) is 2. The van der Waals surface area contributed by atoms with Gasteiger partial charge in [-0.1, -0.05) is 30.3 Å². The van der Waals surface area contributed by atoms with Gasteiger partial charge >= 0.3 is 0 Å². The zero-order valence-electron chi connectivity index (χ0n) is 18.0. The molecular weight excluding hydrogens is 409 g/mol. The molecule has 2 aromatic carbocycles. The summed E-state index contributed by atoms with van der Waals surface area (Å²) in [4.78, 5) is 42.3. The van der Waals surface area contributed by atoms with Gasteiger partial charge in [0.25, 0.3) is 11.8 Å². The second-order valence-corrected chi connectivity index (χ2v) is 8.46. The first kappa shape index (κ1) is 22.0. The molecule has 4 rings (SSSR count). The number of rotatable bonds is 5. The van der Waals surface area contributed by atoms with Crippen molar-refractivity contribution in [3.05, 3.63) is 71.5 Å². The van der Waals surface area contributed by atoms with Crippen LogP contribution in [0.2, 0.25) is 0 Å². The largest absolute Gasteiger partial charge is 0.341 e. The Hall–Kier alpha value is -3.22. The third kappa shape index (κ3) is 4.82. The Morgan fingerprint density at radius 2 is 1.47 bits per heavy atom. The van der Waals surface area contributed by atoms with Crippen LogP contribution in [0.25, 0.3) is 0 Å². The summed E-state index contributed by atoms with van der Waals surface area (Å²) in [6.45, 7) is 2.26. The average molecular weight is 438 g/mol. The van der Waals surface area contributed by atoms with Gasteiger partial charge in [0, 0.05) is 31.7 Å². The van der Waals surface area contributed by atoms with Gasteiger partial charge in [-0.3, -0.25) is 14.4 Å². The first-order chi connectivity index (χ1) is 15.5. The molecule has 0 aromatic heterocycles. The molecule has 6 nitrogen and oxygen atoms in total. The number of likely N-dealkylation sites (tertiary alicyclic amines) is 2. The smallest absolute Gasteiger partial charge is 0.256 e. The summed E-state index contributed by atoms with van der Waals surface area (Å²) in [7, 11) is 0. The first-order valence-corrected chi connectivity index (χ1v) is 11.2. The third-order valence-corrected chi connectivity index (χ3v) is 6.41. The fourth-order valence-electron chi connectivity index (χ4n) is 4.57. The topological polar surface area (TPSA) is 69.7 Å². The molecule has 0 radical (unpaired) electrons. The SMILES string of the molecule is O=C(N[C@H](C(=O)N1CCCC1)C1CCN(C(=O)c2ccccc2F)CC1)c1ccccc1. The van der Waals surface area contributed by atoms with E-state index in [0.29, 0.717) is 44.6 Å². The average Bonchev–Trinajstić information content (AvgIpc) is 3.38. The molecule has 3 amide bonds. The van der Waals surface area contributed by atoms with Crippen molar-refractivity contribution >= 4 is 17.7 Å². The maximum absolute atomic E-state index is 14.0. The maximum Gasteiger partial charge on any atom is 0.256 e. The quantitative estimate of drug-likeness (QED) is 0.782. The lowest BCUT2D eigenvalue weighted by atomic mass is 9.88. The molecule has 0 saturated carbocycles. The Balaban J connectivity index is 1.46. The van der Waals surface area contributed by atoms with Crippen molar-refractivity contribution in [1.29, 1.82) is 0 Å². The number of hydrogen-bond acceptors (Lipinski definition) is 3.